The van der Waals surface area contributed by atoms with E-state index < -0.39 is 0 Å². The van der Waals surface area contributed by atoms with Crippen molar-refractivity contribution in [2.24, 2.45) is 0 Å². The molecule has 0 spiro atoms. The molecule has 0 bridgehead atoms. The summed E-state index contributed by atoms with van der Waals surface area (Å²) in [5, 5.41) is 2.83. The van der Waals surface area contributed by atoms with Crippen LogP contribution in [0.3, 0.4) is 0 Å². The second-order valence-electron chi connectivity index (χ2n) is 6.41. The molecule has 1 saturated heterocycles. The van der Waals surface area contributed by atoms with Crippen LogP contribution in [0.15, 0.2) is 30.7 Å². The van der Waals surface area contributed by atoms with Gasteiger partial charge in [-0.2, -0.15) is 0 Å². The van der Waals surface area contributed by atoms with Gasteiger partial charge in [0.2, 0.25) is 0 Å². The van der Waals surface area contributed by atoms with Crippen LogP contribution in [0.1, 0.15) is 35.6 Å². The molecule has 3 rings (SSSR count). The van der Waals surface area contributed by atoms with Crippen LogP contribution < -0.4 is 10.2 Å². The van der Waals surface area contributed by atoms with Crippen molar-refractivity contribution in [3.63, 3.8) is 0 Å². The van der Waals surface area contributed by atoms with Crippen LogP contribution in [0.5, 0.6) is 0 Å². The van der Waals surface area contributed by atoms with Crippen molar-refractivity contribution >= 4 is 11.7 Å². The van der Waals surface area contributed by atoms with E-state index in [1.54, 1.807) is 12.4 Å². The van der Waals surface area contributed by atoms with E-state index in [2.05, 4.69) is 39.0 Å². The Hall–Kier alpha value is -2.54. The van der Waals surface area contributed by atoms with Crippen LogP contribution in [0.4, 0.5) is 5.82 Å². The quantitative estimate of drug-likeness (QED) is 0.912. The number of hydrogen-bond acceptors (Lipinski definition) is 6. The smallest absolute Gasteiger partial charge is 0.271 e. The summed E-state index contributed by atoms with van der Waals surface area (Å²) in [7, 11) is 0. The van der Waals surface area contributed by atoms with E-state index in [4.69, 9.17) is 4.74 Å². The first-order valence-electron chi connectivity index (χ1n) is 8.43. The number of morpholine rings is 1. The molecule has 0 aromatic carbocycles. The molecular weight excluding hydrogens is 318 g/mol. The van der Waals surface area contributed by atoms with Gasteiger partial charge in [-0.3, -0.25) is 9.78 Å². The molecule has 2 aromatic heterocycles. The summed E-state index contributed by atoms with van der Waals surface area (Å²) in [5.41, 5.74) is 2.03. The Labute approximate surface area is 147 Å². The number of hydrogen-bond donors (Lipinski definition) is 1. The van der Waals surface area contributed by atoms with Crippen molar-refractivity contribution in [2.45, 2.75) is 39.5 Å². The summed E-state index contributed by atoms with van der Waals surface area (Å²) < 4.78 is 5.75. The number of anilines is 1. The zero-order valence-corrected chi connectivity index (χ0v) is 14.8. The first-order chi connectivity index (χ1) is 12.0. The standard InChI is InChI=1S/C18H23N5O2/c1-12-6-20-16(9-19-12)18(24)22-8-15-4-5-17(21-7-15)23-10-13(2)25-14(3)11-23/h4-7,9,13-14H,8,10-11H2,1-3H3,(H,22,24)/t13-,14+. The molecule has 132 valence electrons. The highest BCUT2D eigenvalue weighted by Crippen LogP contribution is 2.18. The Balaban J connectivity index is 1.57. The molecule has 25 heavy (non-hydrogen) atoms. The van der Waals surface area contributed by atoms with Crippen LogP contribution in [0.2, 0.25) is 0 Å². The fraction of sp³-hybridized carbons (Fsp3) is 0.444. The number of aryl methyl sites for hydroxylation is 1. The Morgan fingerprint density at radius 3 is 2.52 bits per heavy atom. The van der Waals surface area contributed by atoms with Crippen molar-refractivity contribution in [2.75, 3.05) is 18.0 Å². The van der Waals surface area contributed by atoms with E-state index in [1.807, 2.05) is 19.1 Å². The lowest BCUT2D eigenvalue weighted by Crippen LogP contribution is -2.45. The molecule has 2 atom stereocenters. The summed E-state index contributed by atoms with van der Waals surface area (Å²) in [5.74, 6) is 0.689. The molecule has 1 amide bonds. The average molecular weight is 341 g/mol. The summed E-state index contributed by atoms with van der Waals surface area (Å²) in [6.45, 7) is 8.04. The van der Waals surface area contributed by atoms with Crippen molar-refractivity contribution < 1.29 is 9.53 Å². The number of ether oxygens (including phenoxy) is 1. The molecule has 0 radical (unpaired) electrons. The second-order valence-corrected chi connectivity index (χ2v) is 6.41. The molecule has 1 aliphatic rings. The number of carbonyl (C=O) groups is 1. The van der Waals surface area contributed by atoms with E-state index in [0.717, 1.165) is 30.2 Å². The highest BCUT2D eigenvalue weighted by atomic mass is 16.5. The maximum Gasteiger partial charge on any atom is 0.271 e. The van der Waals surface area contributed by atoms with Gasteiger partial charge >= 0.3 is 0 Å². The Morgan fingerprint density at radius 2 is 1.92 bits per heavy atom. The van der Waals surface area contributed by atoms with E-state index >= 15 is 0 Å². The summed E-state index contributed by atoms with van der Waals surface area (Å²) in [6, 6.07) is 3.96. The van der Waals surface area contributed by atoms with Crippen LogP contribution >= 0.6 is 0 Å². The number of nitrogens with zero attached hydrogens (tertiary/aromatic N) is 4. The molecule has 3 heterocycles. The number of pyridine rings is 1. The molecule has 1 aliphatic heterocycles. The monoisotopic (exact) mass is 341 g/mol. The summed E-state index contributed by atoms with van der Waals surface area (Å²) >= 11 is 0. The second kappa shape index (κ2) is 7.57. The lowest BCUT2D eigenvalue weighted by Gasteiger charge is -2.36. The highest BCUT2D eigenvalue weighted by molar-refractivity contribution is 5.91. The molecule has 1 N–H and O–H groups in total. The Bertz CT molecular complexity index is 707. The molecule has 1 fully saturated rings. The van der Waals surface area contributed by atoms with Gasteiger partial charge in [0.05, 0.1) is 24.1 Å². The summed E-state index contributed by atoms with van der Waals surface area (Å²) in [4.78, 5) is 27.0. The van der Waals surface area contributed by atoms with Crippen LogP contribution in [-0.2, 0) is 11.3 Å². The fourth-order valence-electron chi connectivity index (χ4n) is 2.86. The Kier molecular flexibility index (Phi) is 5.23. The fourth-order valence-corrected chi connectivity index (χ4v) is 2.86. The minimum atomic E-state index is -0.243. The minimum Gasteiger partial charge on any atom is -0.372 e. The highest BCUT2D eigenvalue weighted by Gasteiger charge is 2.22. The first kappa shape index (κ1) is 17.3. The molecular formula is C18H23N5O2. The normalized spacial score (nSPS) is 20.4. The third-order valence-electron chi connectivity index (χ3n) is 4.02. The van der Waals surface area contributed by atoms with Gasteiger partial charge in [-0.05, 0) is 32.4 Å². The zero-order chi connectivity index (χ0) is 17.8. The molecule has 2 aromatic rings. The average Bonchev–Trinajstić information content (AvgIpc) is 2.60. The molecule has 0 aliphatic carbocycles. The Morgan fingerprint density at radius 1 is 1.16 bits per heavy atom. The molecule has 0 saturated carbocycles. The van der Waals surface area contributed by atoms with Gasteiger partial charge in [-0.1, -0.05) is 6.07 Å². The predicted molar refractivity (Wildman–Crippen MR) is 94.4 cm³/mol. The first-order valence-corrected chi connectivity index (χ1v) is 8.43. The number of rotatable bonds is 4. The van der Waals surface area contributed by atoms with E-state index in [1.165, 1.54) is 6.20 Å². The molecule has 7 nitrogen and oxygen atoms in total. The number of nitrogens with one attached hydrogen (secondary N) is 1. The van der Waals surface area contributed by atoms with Gasteiger partial charge < -0.3 is 15.0 Å². The van der Waals surface area contributed by atoms with Crippen LogP contribution in [-0.4, -0.2) is 46.2 Å². The van der Waals surface area contributed by atoms with Crippen molar-refractivity contribution in [1.82, 2.24) is 20.3 Å². The van der Waals surface area contributed by atoms with Gasteiger partial charge in [0.1, 0.15) is 11.5 Å². The largest absolute Gasteiger partial charge is 0.372 e. The van der Waals surface area contributed by atoms with Crippen LogP contribution in [0, 0.1) is 6.92 Å². The number of amides is 1. The SMILES string of the molecule is Cc1cnc(C(=O)NCc2ccc(N3C[C@@H](C)O[C@@H](C)C3)nc2)cn1. The van der Waals surface area contributed by atoms with Gasteiger partial charge in [-0.25, -0.2) is 9.97 Å². The third-order valence-corrected chi connectivity index (χ3v) is 4.02. The maximum atomic E-state index is 12.1. The lowest BCUT2D eigenvalue weighted by atomic mass is 10.2. The predicted octanol–water partition coefficient (Wildman–Crippen LogP) is 1.72. The van der Waals surface area contributed by atoms with Crippen molar-refractivity contribution in [3.05, 3.63) is 47.7 Å². The molecule has 7 heteroatoms. The van der Waals surface area contributed by atoms with Crippen LogP contribution in [0.25, 0.3) is 0 Å². The third kappa shape index (κ3) is 4.51. The number of aromatic nitrogens is 3. The van der Waals surface area contributed by atoms with E-state index in [-0.39, 0.29) is 18.1 Å². The van der Waals surface area contributed by atoms with Gasteiger partial charge in [-0.15, -0.1) is 0 Å². The van der Waals surface area contributed by atoms with E-state index in [9.17, 15) is 4.79 Å². The van der Waals surface area contributed by atoms with Crippen molar-refractivity contribution in [3.8, 4) is 0 Å². The molecule has 0 unspecified atom stereocenters. The number of carbonyl (C=O) groups excluding carboxylic acids is 1. The topological polar surface area (TPSA) is 80.2 Å². The van der Waals surface area contributed by atoms with E-state index in [0.29, 0.717) is 12.2 Å². The van der Waals surface area contributed by atoms with Gasteiger partial charge in [0.15, 0.2) is 0 Å². The minimum absolute atomic E-state index is 0.195. The van der Waals surface area contributed by atoms with Crippen molar-refractivity contribution in [1.29, 1.82) is 0 Å². The summed E-state index contributed by atoms with van der Waals surface area (Å²) in [6.07, 6.45) is 5.24. The van der Waals surface area contributed by atoms with Gasteiger partial charge in [0.25, 0.3) is 5.91 Å². The van der Waals surface area contributed by atoms with Gasteiger partial charge in [0, 0.05) is 32.0 Å². The zero-order valence-electron chi connectivity index (χ0n) is 14.8. The maximum absolute atomic E-state index is 12.1. The lowest BCUT2D eigenvalue weighted by molar-refractivity contribution is -0.00546.